The first-order chi connectivity index (χ1) is 14.7. The molecule has 2 aromatic rings. The number of carboxylic acids is 1. The first kappa shape index (κ1) is 21.8. The van der Waals surface area contributed by atoms with E-state index in [-0.39, 0.29) is 24.2 Å². The predicted molar refractivity (Wildman–Crippen MR) is 113 cm³/mol. The van der Waals surface area contributed by atoms with Crippen LogP contribution in [0.1, 0.15) is 35.4 Å². The second kappa shape index (κ2) is 8.59. The van der Waals surface area contributed by atoms with E-state index in [9.17, 15) is 19.1 Å². The molecule has 31 heavy (non-hydrogen) atoms. The quantitative estimate of drug-likeness (QED) is 0.760. The van der Waals surface area contributed by atoms with Gasteiger partial charge in [-0.3, -0.25) is 19.2 Å². The zero-order valence-corrected chi connectivity index (χ0v) is 18.4. The van der Waals surface area contributed by atoms with Gasteiger partial charge in [-0.1, -0.05) is 17.7 Å². The van der Waals surface area contributed by atoms with Crippen molar-refractivity contribution in [2.24, 2.45) is 5.92 Å². The molecule has 1 saturated heterocycles. The molecule has 166 valence electrons. The van der Waals surface area contributed by atoms with E-state index >= 15 is 0 Å². The van der Waals surface area contributed by atoms with Crippen LogP contribution in [0.5, 0.6) is 0 Å². The van der Waals surface area contributed by atoms with E-state index in [2.05, 4.69) is 5.10 Å². The van der Waals surface area contributed by atoms with Crippen molar-refractivity contribution in [2.45, 2.75) is 45.3 Å². The molecular formula is C22H26ClFN4O3. The summed E-state index contributed by atoms with van der Waals surface area (Å²) in [5.41, 5.74) is 3.44. The van der Waals surface area contributed by atoms with Crippen LogP contribution < -0.4 is 0 Å². The highest BCUT2D eigenvalue weighted by Crippen LogP contribution is 2.28. The topological polar surface area (TPSA) is 78.7 Å². The van der Waals surface area contributed by atoms with Crippen LogP contribution >= 0.6 is 11.6 Å². The average Bonchev–Trinajstić information content (AvgIpc) is 3.23. The van der Waals surface area contributed by atoms with Gasteiger partial charge in [0.1, 0.15) is 11.9 Å². The fourth-order valence-electron chi connectivity index (χ4n) is 4.75. The monoisotopic (exact) mass is 448 g/mol. The number of nitrogens with zero attached hydrogens (tertiary/aromatic N) is 4. The summed E-state index contributed by atoms with van der Waals surface area (Å²) in [5, 5.41) is 14.2. The number of fused-ring (bicyclic) bond motifs is 1. The number of carbonyl (C=O) groups is 2. The van der Waals surface area contributed by atoms with Gasteiger partial charge in [-0.05, 0) is 50.4 Å². The van der Waals surface area contributed by atoms with Gasteiger partial charge in [0.05, 0.1) is 24.5 Å². The molecule has 4 rings (SSSR count). The number of rotatable bonds is 5. The van der Waals surface area contributed by atoms with Crippen LogP contribution in [-0.2, 0) is 29.1 Å². The Hall–Kier alpha value is -2.45. The zero-order valence-electron chi connectivity index (χ0n) is 17.6. The second-order valence-corrected chi connectivity index (χ2v) is 9.01. The van der Waals surface area contributed by atoms with Crippen LogP contribution in [-0.4, -0.2) is 62.7 Å². The summed E-state index contributed by atoms with van der Waals surface area (Å²) in [4.78, 5) is 27.9. The highest BCUT2D eigenvalue weighted by Gasteiger charge is 2.36. The molecule has 0 radical (unpaired) electrons. The van der Waals surface area contributed by atoms with Crippen LogP contribution in [0.25, 0.3) is 0 Å². The molecule has 2 aliphatic heterocycles. The molecule has 1 aromatic heterocycles. The zero-order chi connectivity index (χ0) is 22.3. The number of halogens is 2. The number of aliphatic carboxylic acids is 1. The summed E-state index contributed by atoms with van der Waals surface area (Å²) in [6, 6.07) is 4.08. The first-order valence-corrected chi connectivity index (χ1v) is 10.8. The number of aromatic nitrogens is 2. The third kappa shape index (κ3) is 4.45. The maximum absolute atomic E-state index is 14.3. The minimum Gasteiger partial charge on any atom is -0.480 e. The Balaban J connectivity index is 1.46. The van der Waals surface area contributed by atoms with Crippen LogP contribution in [0, 0.1) is 18.7 Å². The number of likely N-dealkylation sites (tertiary alicyclic amines) is 1. The molecule has 9 heteroatoms. The Kier molecular flexibility index (Phi) is 6.03. The average molecular weight is 449 g/mol. The molecule has 1 unspecified atom stereocenters. The summed E-state index contributed by atoms with van der Waals surface area (Å²) in [7, 11) is 1.79. The lowest BCUT2D eigenvalue weighted by Crippen LogP contribution is -2.38. The molecule has 3 heterocycles. The third-order valence-corrected chi connectivity index (χ3v) is 6.65. The van der Waals surface area contributed by atoms with Crippen molar-refractivity contribution in [1.29, 1.82) is 0 Å². The van der Waals surface area contributed by atoms with Gasteiger partial charge in [0.25, 0.3) is 0 Å². The summed E-state index contributed by atoms with van der Waals surface area (Å²) in [6.45, 7) is 3.85. The van der Waals surface area contributed by atoms with E-state index < -0.39 is 12.0 Å². The van der Waals surface area contributed by atoms with Gasteiger partial charge < -0.3 is 10.0 Å². The lowest BCUT2D eigenvalue weighted by molar-refractivity contribution is -0.141. The lowest BCUT2D eigenvalue weighted by atomic mass is 9.99. The molecule has 1 amide bonds. The van der Waals surface area contributed by atoms with Crippen molar-refractivity contribution in [2.75, 3.05) is 20.1 Å². The van der Waals surface area contributed by atoms with E-state index in [4.69, 9.17) is 11.6 Å². The number of carbonyl (C=O) groups excluding carboxylic acids is 1. The Bertz CT molecular complexity index is 1020. The molecule has 0 aliphatic carbocycles. The van der Waals surface area contributed by atoms with Gasteiger partial charge in [-0.15, -0.1) is 0 Å². The van der Waals surface area contributed by atoms with E-state index in [1.54, 1.807) is 28.8 Å². The molecule has 7 nitrogen and oxygen atoms in total. The fraction of sp³-hybridized carbons (Fsp3) is 0.500. The van der Waals surface area contributed by atoms with Crippen molar-refractivity contribution < 1.29 is 19.1 Å². The Morgan fingerprint density at radius 3 is 2.81 bits per heavy atom. The van der Waals surface area contributed by atoms with Crippen molar-refractivity contribution in [3.8, 4) is 0 Å². The maximum Gasteiger partial charge on any atom is 0.320 e. The summed E-state index contributed by atoms with van der Waals surface area (Å²) < 4.78 is 16.1. The van der Waals surface area contributed by atoms with E-state index in [0.717, 1.165) is 17.0 Å². The normalized spacial score (nSPS) is 21.4. The molecule has 2 aliphatic rings. The van der Waals surface area contributed by atoms with Gasteiger partial charge in [0, 0.05) is 30.1 Å². The Morgan fingerprint density at radius 2 is 2.13 bits per heavy atom. The van der Waals surface area contributed by atoms with Gasteiger partial charge >= 0.3 is 5.97 Å². The highest BCUT2D eigenvalue weighted by molar-refractivity contribution is 6.30. The van der Waals surface area contributed by atoms with E-state index in [1.807, 2.05) is 11.8 Å². The molecular weight excluding hydrogens is 423 g/mol. The standard InChI is InChI=1S/C22H26ClFN4O3/c1-13-17-5-6-27(21(29)8-14-7-19(22(30)31)26(2)10-14)12-20(17)28(25-13)11-15-3-4-16(23)9-18(15)24/h3-4,9,14,19H,5-8,10-12H2,1-2H3,(H,30,31)/t14?,19-/m0/s1. The van der Waals surface area contributed by atoms with Gasteiger partial charge in [-0.25, -0.2) is 4.39 Å². The number of amides is 1. The summed E-state index contributed by atoms with van der Waals surface area (Å²) in [6.07, 6.45) is 1.53. The van der Waals surface area contributed by atoms with Crippen LogP contribution in [0.15, 0.2) is 18.2 Å². The fourth-order valence-corrected chi connectivity index (χ4v) is 4.91. The second-order valence-electron chi connectivity index (χ2n) is 8.57. The van der Waals surface area contributed by atoms with Crippen molar-refractivity contribution in [3.63, 3.8) is 0 Å². The smallest absolute Gasteiger partial charge is 0.320 e. The van der Waals surface area contributed by atoms with Crippen molar-refractivity contribution in [3.05, 3.63) is 51.6 Å². The van der Waals surface area contributed by atoms with Crippen LogP contribution in [0.4, 0.5) is 4.39 Å². The number of carboxylic acid groups (broad SMARTS) is 1. The van der Waals surface area contributed by atoms with Crippen LogP contribution in [0.2, 0.25) is 5.02 Å². The largest absolute Gasteiger partial charge is 0.480 e. The minimum absolute atomic E-state index is 0.0261. The summed E-state index contributed by atoms with van der Waals surface area (Å²) >= 11 is 5.86. The number of benzene rings is 1. The number of aryl methyl sites for hydroxylation is 1. The number of hydrogen-bond donors (Lipinski definition) is 1. The summed E-state index contributed by atoms with van der Waals surface area (Å²) in [5.74, 6) is -1.15. The molecule has 1 fully saturated rings. The van der Waals surface area contributed by atoms with Gasteiger partial charge in [0.15, 0.2) is 0 Å². The lowest BCUT2D eigenvalue weighted by Gasteiger charge is -2.29. The van der Waals surface area contributed by atoms with Gasteiger partial charge in [0.2, 0.25) is 5.91 Å². The molecule has 0 saturated carbocycles. The Morgan fingerprint density at radius 1 is 1.35 bits per heavy atom. The third-order valence-electron chi connectivity index (χ3n) is 6.41. The number of likely N-dealkylation sites (N-methyl/N-ethyl adjacent to an activating group) is 1. The molecule has 1 aromatic carbocycles. The molecule has 1 N–H and O–H groups in total. The predicted octanol–water partition coefficient (Wildman–Crippen LogP) is 2.71. The van der Waals surface area contributed by atoms with Crippen molar-refractivity contribution >= 4 is 23.5 Å². The van der Waals surface area contributed by atoms with Gasteiger partial charge in [-0.2, -0.15) is 5.10 Å². The minimum atomic E-state index is -0.839. The van der Waals surface area contributed by atoms with E-state index in [0.29, 0.717) is 49.5 Å². The number of hydrogen-bond acceptors (Lipinski definition) is 4. The molecule has 0 bridgehead atoms. The molecule has 0 spiro atoms. The molecule has 2 atom stereocenters. The maximum atomic E-state index is 14.3. The van der Waals surface area contributed by atoms with Crippen molar-refractivity contribution in [1.82, 2.24) is 19.6 Å². The SMILES string of the molecule is Cc1nn(Cc2ccc(Cl)cc2F)c2c1CCN(C(=O)CC1C[C@@H](C(=O)O)N(C)C1)C2. The first-order valence-electron chi connectivity index (χ1n) is 10.4. The van der Waals surface area contributed by atoms with Crippen LogP contribution in [0.3, 0.4) is 0 Å². The Labute approximate surface area is 185 Å². The van der Waals surface area contributed by atoms with E-state index in [1.165, 1.54) is 6.07 Å². The highest BCUT2D eigenvalue weighted by atomic mass is 35.5.